The van der Waals surface area contributed by atoms with E-state index in [0.717, 1.165) is 6.07 Å². The number of hydrogen-bond donors (Lipinski definition) is 3. The van der Waals surface area contributed by atoms with Gasteiger partial charge in [-0.05, 0) is 18.6 Å². The zero-order chi connectivity index (χ0) is 13.1. The van der Waals surface area contributed by atoms with Gasteiger partial charge in [0.1, 0.15) is 17.1 Å². The minimum Gasteiger partial charge on any atom is -0.537 e. The van der Waals surface area contributed by atoms with E-state index in [-0.39, 0.29) is 17.7 Å². The molecule has 0 unspecified atom stereocenters. The lowest BCUT2D eigenvalue weighted by Crippen LogP contribution is -2.47. The van der Waals surface area contributed by atoms with Gasteiger partial charge in [0.25, 0.3) is 0 Å². The van der Waals surface area contributed by atoms with Crippen LogP contribution in [0.1, 0.15) is 12.5 Å². The van der Waals surface area contributed by atoms with Crippen LogP contribution >= 0.6 is 0 Å². The van der Waals surface area contributed by atoms with Gasteiger partial charge in [-0.15, -0.1) is 0 Å². The summed E-state index contributed by atoms with van der Waals surface area (Å²) in [4.78, 5) is 10.8. The van der Waals surface area contributed by atoms with Crippen molar-refractivity contribution in [3.05, 3.63) is 29.6 Å². The average molecular weight is 240 g/mol. The van der Waals surface area contributed by atoms with Crippen LogP contribution in [-0.2, 0) is 11.2 Å². The van der Waals surface area contributed by atoms with E-state index < -0.39 is 17.3 Å². The maximum absolute atomic E-state index is 13.5. The van der Waals surface area contributed by atoms with Gasteiger partial charge in [-0.2, -0.15) is 0 Å². The third-order valence-electron chi connectivity index (χ3n) is 2.26. The molecule has 1 rings (SSSR count). The predicted octanol–water partition coefficient (Wildman–Crippen LogP) is 0.0755. The molecule has 17 heavy (non-hydrogen) atoms. The van der Waals surface area contributed by atoms with Gasteiger partial charge in [0, 0.05) is 12.5 Å². The van der Waals surface area contributed by atoms with Crippen molar-refractivity contribution in [2.45, 2.75) is 18.9 Å². The van der Waals surface area contributed by atoms with Crippen molar-refractivity contribution >= 4 is 13.7 Å². The van der Waals surface area contributed by atoms with Crippen molar-refractivity contribution in [2.24, 2.45) is 5.73 Å². The molecule has 0 saturated heterocycles. The molecule has 1 atom stereocenters. The SMILES string of the molecule is C[C@@](N)(Cc1ccc(O[B]O)cc1F)C(=O)O. The van der Waals surface area contributed by atoms with Gasteiger partial charge in [-0.1, -0.05) is 6.07 Å². The van der Waals surface area contributed by atoms with Gasteiger partial charge in [0.2, 0.25) is 0 Å². The van der Waals surface area contributed by atoms with Crippen LogP contribution in [0.3, 0.4) is 0 Å². The van der Waals surface area contributed by atoms with Crippen LogP contribution in [0.2, 0.25) is 0 Å². The van der Waals surface area contributed by atoms with Crippen molar-refractivity contribution in [3.63, 3.8) is 0 Å². The van der Waals surface area contributed by atoms with Crippen LogP contribution in [0, 0.1) is 5.82 Å². The second kappa shape index (κ2) is 5.16. The molecule has 0 aliphatic carbocycles. The molecule has 0 aromatic heterocycles. The third kappa shape index (κ3) is 3.43. The van der Waals surface area contributed by atoms with Gasteiger partial charge < -0.3 is 20.5 Å². The molecule has 4 N–H and O–H groups in total. The summed E-state index contributed by atoms with van der Waals surface area (Å²) in [6.45, 7) is 1.31. The zero-order valence-corrected chi connectivity index (χ0v) is 9.18. The lowest BCUT2D eigenvalue weighted by Gasteiger charge is -2.19. The molecule has 91 valence electrons. The Bertz CT molecular complexity index is 425. The molecule has 0 heterocycles. The summed E-state index contributed by atoms with van der Waals surface area (Å²) >= 11 is 0. The van der Waals surface area contributed by atoms with Gasteiger partial charge in [-0.3, -0.25) is 4.79 Å². The minimum absolute atomic E-state index is 0.114. The Labute approximate surface area is 98.3 Å². The molecule has 1 radical (unpaired) electrons. The number of carbonyl (C=O) groups is 1. The fourth-order valence-electron chi connectivity index (χ4n) is 1.28. The Morgan fingerprint density at radius 1 is 1.65 bits per heavy atom. The molecule has 0 aliphatic rings. The third-order valence-corrected chi connectivity index (χ3v) is 2.26. The molecular formula is C10H12BFNO4. The van der Waals surface area contributed by atoms with Crippen LogP contribution < -0.4 is 10.4 Å². The number of hydrogen-bond acceptors (Lipinski definition) is 4. The first-order valence-corrected chi connectivity index (χ1v) is 4.80. The maximum Gasteiger partial charge on any atom is 0.569 e. The highest BCUT2D eigenvalue weighted by atomic mass is 19.1. The molecule has 5 nitrogen and oxygen atoms in total. The molecule has 0 bridgehead atoms. The van der Waals surface area contributed by atoms with Crippen molar-refractivity contribution in [3.8, 4) is 5.75 Å². The second-order valence-electron chi connectivity index (χ2n) is 3.88. The first-order valence-electron chi connectivity index (χ1n) is 4.80. The largest absolute Gasteiger partial charge is 0.569 e. The summed E-state index contributed by atoms with van der Waals surface area (Å²) in [7, 11) is 0.429. The lowest BCUT2D eigenvalue weighted by atomic mass is 9.94. The minimum atomic E-state index is -1.54. The van der Waals surface area contributed by atoms with Gasteiger partial charge in [0.05, 0.1) is 0 Å². The molecule has 0 fully saturated rings. The molecule has 0 amide bonds. The highest BCUT2D eigenvalue weighted by molar-refractivity contribution is 6.17. The fourth-order valence-corrected chi connectivity index (χ4v) is 1.28. The van der Waals surface area contributed by atoms with Gasteiger partial charge >= 0.3 is 13.7 Å². The van der Waals surface area contributed by atoms with Crippen LogP contribution in [-0.4, -0.2) is 29.3 Å². The summed E-state index contributed by atoms with van der Waals surface area (Å²) < 4.78 is 18.1. The van der Waals surface area contributed by atoms with Crippen LogP contribution in [0.5, 0.6) is 5.75 Å². The lowest BCUT2D eigenvalue weighted by molar-refractivity contribution is -0.142. The van der Waals surface area contributed by atoms with Crippen molar-refractivity contribution < 1.29 is 24.0 Å². The molecule has 1 aromatic rings. The summed E-state index contributed by atoms with van der Waals surface area (Å²) in [5, 5.41) is 17.2. The van der Waals surface area contributed by atoms with Crippen LogP contribution in [0.25, 0.3) is 0 Å². The molecule has 0 aliphatic heterocycles. The first kappa shape index (κ1) is 13.5. The van der Waals surface area contributed by atoms with Crippen molar-refractivity contribution in [1.29, 1.82) is 0 Å². The molecule has 7 heteroatoms. The van der Waals surface area contributed by atoms with Crippen molar-refractivity contribution in [1.82, 2.24) is 0 Å². The van der Waals surface area contributed by atoms with E-state index in [2.05, 4.69) is 4.65 Å². The number of nitrogens with two attached hydrogens (primary N) is 1. The number of aliphatic carboxylic acids is 1. The highest BCUT2D eigenvalue weighted by Crippen LogP contribution is 2.20. The Hall–Kier alpha value is -1.60. The summed E-state index contributed by atoms with van der Waals surface area (Å²) in [6.07, 6.45) is -0.142. The van der Waals surface area contributed by atoms with E-state index >= 15 is 0 Å². The van der Waals surface area contributed by atoms with Crippen molar-refractivity contribution in [2.75, 3.05) is 0 Å². The number of benzene rings is 1. The van der Waals surface area contributed by atoms with E-state index in [1.807, 2.05) is 0 Å². The van der Waals surface area contributed by atoms with E-state index in [9.17, 15) is 9.18 Å². The zero-order valence-electron chi connectivity index (χ0n) is 9.18. The molecule has 0 spiro atoms. The quantitative estimate of drug-likeness (QED) is 0.633. The summed E-state index contributed by atoms with van der Waals surface area (Å²) in [5.41, 5.74) is 4.15. The Balaban J connectivity index is 2.90. The standard InChI is InChI=1S/C10H12BFNO4/c1-10(13,9(14)15)5-6-2-3-7(17-11-16)4-8(6)12/h2-4,16H,5,13H2,1H3,(H,14,15)/t10-/m1/s1. The molecule has 0 saturated carbocycles. The van der Waals surface area contributed by atoms with Crippen LogP contribution in [0.15, 0.2) is 18.2 Å². The fraction of sp³-hybridized carbons (Fsp3) is 0.300. The van der Waals surface area contributed by atoms with E-state index in [4.69, 9.17) is 15.9 Å². The number of halogens is 1. The van der Waals surface area contributed by atoms with Gasteiger partial charge in [0.15, 0.2) is 0 Å². The Morgan fingerprint density at radius 3 is 2.76 bits per heavy atom. The van der Waals surface area contributed by atoms with Gasteiger partial charge in [-0.25, -0.2) is 4.39 Å². The Kier molecular flexibility index (Phi) is 4.09. The van der Waals surface area contributed by atoms with Crippen LogP contribution in [0.4, 0.5) is 4.39 Å². The summed E-state index contributed by atoms with van der Waals surface area (Å²) in [5.74, 6) is -1.73. The number of carboxylic acid groups (broad SMARTS) is 1. The monoisotopic (exact) mass is 240 g/mol. The van der Waals surface area contributed by atoms with E-state index in [1.54, 1.807) is 0 Å². The smallest absolute Gasteiger partial charge is 0.537 e. The second-order valence-corrected chi connectivity index (χ2v) is 3.88. The molecule has 1 aromatic carbocycles. The number of carboxylic acids is 1. The normalized spacial score (nSPS) is 13.9. The maximum atomic E-state index is 13.5. The first-order chi connectivity index (χ1) is 7.86. The Morgan fingerprint density at radius 2 is 2.29 bits per heavy atom. The van der Waals surface area contributed by atoms with E-state index in [0.29, 0.717) is 7.69 Å². The highest BCUT2D eigenvalue weighted by Gasteiger charge is 2.29. The summed E-state index contributed by atoms with van der Waals surface area (Å²) in [6, 6.07) is 3.81. The topological polar surface area (TPSA) is 92.8 Å². The average Bonchev–Trinajstić information content (AvgIpc) is 2.22. The predicted molar refractivity (Wildman–Crippen MR) is 58.9 cm³/mol. The molecular weight excluding hydrogens is 228 g/mol. The van der Waals surface area contributed by atoms with E-state index in [1.165, 1.54) is 19.1 Å². The number of rotatable bonds is 5.